The van der Waals surface area contributed by atoms with Crippen molar-refractivity contribution in [3.8, 4) is 0 Å². The number of hydrogen-bond acceptors (Lipinski definition) is 3. The summed E-state index contributed by atoms with van der Waals surface area (Å²) in [6.07, 6.45) is -1.55. The molecule has 2 rings (SSSR count). The first-order valence-electron chi connectivity index (χ1n) is 6.38. The van der Waals surface area contributed by atoms with Gasteiger partial charge in [0.1, 0.15) is 0 Å². The zero-order valence-electron chi connectivity index (χ0n) is 11.4. The molecule has 0 aliphatic carbocycles. The van der Waals surface area contributed by atoms with Crippen LogP contribution in [0.4, 0.5) is 13.2 Å². The first-order valence-corrected chi connectivity index (χ1v) is 6.38. The summed E-state index contributed by atoms with van der Waals surface area (Å²) in [5, 5.41) is 5.88. The van der Waals surface area contributed by atoms with Crippen LogP contribution in [0.25, 0.3) is 0 Å². The fourth-order valence-electron chi connectivity index (χ4n) is 2.41. The monoisotopic (exact) mass is 290 g/mol. The summed E-state index contributed by atoms with van der Waals surface area (Å²) >= 11 is 0. The third-order valence-electron chi connectivity index (χ3n) is 3.51. The van der Waals surface area contributed by atoms with Gasteiger partial charge in [-0.15, -0.1) is 0 Å². The van der Waals surface area contributed by atoms with Crippen molar-refractivity contribution in [2.45, 2.75) is 25.1 Å². The van der Waals surface area contributed by atoms with Gasteiger partial charge in [-0.1, -0.05) is 0 Å². The van der Waals surface area contributed by atoms with E-state index in [0.717, 1.165) is 30.3 Å². The van der Waals surface area contributed by atoms with E-state index in [0.29, 0.717) is 6.54 Å². The largest absolute Gasteiger partial charge is 0.435 e. The normalized spacial score (nSPS) is 20.4. The summed E-state index contributed by atoms with van der Waals surface area (Å²) in [4.78, 5) is 14.0. The Kier molecular flexibility index (Phi) is 4.03. The Morgan fingerprint density at radius 1 is 1.50 bits per heavy atom. The molecule has 1 aromatic heterocycles. The third-order valence-corrected chi connectivity index (χ3v) is 3.51. The smallest absolute Gasteiger partial charge is 0.350 e. The molecular formula is C12H17F3N4O. The number of likely N-dealkylation sites (tertiary alicyclic amines) is 1. The molecule has 0 saturated carbocycles. The Morgan fingerprint density at radius 3 is 2.75 bits per heavy atom. The van der Waals surface area contributed by atoms with E-state index < -0.39 is 23.3 Å². The second-order valence-electron chi connectivity index (χ2n) is 5.05. The molecule has 1 aliphatic heterocycles. The molecule has 1 saturated heterocycles. The lowest BCUT2D eigenvalue weighted by atomic mass is 10.2. The van der Waals surface area contributed by atoms with Gasteiger partial charge in [0.25, 0.3) is 5.91 Å². The van der Waals surface area contributed by atoms with Crippen molar-refractivity contribution in [1.82, 2.24) is 20.0 Å². The molecule has 1 atom stereocenters. The Hall–Kier alpha value is -1.57. The van der Waals surface area contributed by atoms with Crippen LogP contribution in [0, 0.1) is 0 Å². The molecule has 112 valence electrons. The lowest BCUT2D eigenvalue weighted by Gasteiger charge is -2.19. The van der Waals surface area contributed by atoms with E-state index in [1.165, 1.54) is 7.05 Å². The molecule has 1 N–H and O–H groups in total. The van der Waals surface area contributed by atoms with E-state index >= 15 is 0 Å². The first kappa shape index (κ1) is 14.8. The minimum absolute atomic E-state index is 0.185. The second kappa shape index (κ2) is 5.43. The Morgan fingerprint density at radius 2 is 2.20 bits per heavy atom. The average molecular weight is 290 g/mol. The predicted octanol–water partition coefficient (Wildman–Crippen LogP) is 1.26. The molecule has 0 aromatic carbocycles. The molecule has 8 heteroatoms. The molecule has 1 aromatic rings. The number of aromatic nitrogens is 2. The molecule has 20 heavy (non-hydrogen) atoms. The Balaban J connectivity index is 2.06. The van der Waals surface area contributed by atoms with Crippen LogP contribution in [0.15, 0.2) is 6.20 Å². The number of carbonyl (C=O) groups is 1. The molecule has 1 fully saturated rings. The van der Waals surface area contributed by atoms with Gasteiger partial charge in [0.15, 0.2) is 5.69 Å². The van der Waals surface area contributed by atoms with Gasteiger partial charge in [-0.2, -0.15) is 18.3 Å². The first-order chi connectivity index (χ1) is 9.29. The summed E-state index contributed by atoms with van der Waals surface area (Å²) in [6.45, 7) is 1.29. The van der Waals surface area contributed by atoms with Crippen LogP contribution in [0.2, 0.25) is 0 Å². The van der Waals surface area contributed by atoms with Gasteiger partial charge in [-0.05, 0) is 26.4 Å². The third kappa shape index (κ3) is 3.12. The minimum Gasteiger partial charge on any atom is -0.350 e. The topological polar surface area (TPSA) is 50.2 Å². The van der Waals surface area contributed by atoms with Crippen molar-refractivity contribution in [3.05, 3.63) is 17.5 Å². The van der Waals surface area contributed by atoms with E-state index in [4.69, 9.17) is 0 Å². The molecule has 1 aliphatic rings. The SMILES string of the molecule is CN1CCC[C@H]1CNC(=O)c1cn(C)nc1C(F)(F)F. The van der Waals surface area contributed by atoms with Crippen LogP contribution >= 0.6 is 0 Å². The van der Waals surface area contributed by atoms with Crippen molar-refractivity contribution in [1.29, 1.82) is 0 Å². The maximum Gasteiger partial charge on any atom is 0.435 e. The quantitative estimate of drug-likeness (QED) is 0.912. The van der Waals surface area contributed by atoms with Gasteiger partial charge in [-0.25, -0.2) is 0 Å². The summed E-state index contributed by atoms with van der Waals surface area (Å²) < 4.78 is 39.3. The van der Waals surface area contributed by atoms with Crippen LogP contribution in [0.3, 0.4) is 0 Å². The number of nitrogens with zero attached hydrogens (tertiary/aromatic N) is 3. The van der Waals surface area contributed by atoms with Crippen molar-refractivity contribution >= 4 is 5.91 Å². The van der Waals surface area contributed by atoms with Gasteiger partial charge < -0.3 is 10.2 Å². The van der Waals surface area contributed by atoms with Crippen LogP contribution in [0.1, 0.15) is 28.9 Å². The number of likely N-dealkylation sites (N-methyl/N-ethyl adjacent to an activating group) is 1. The van der Waals surface area contributed by atoms with Crippen molar-refractivity contribution in [3.63, 3.8) is 0 Å². The van der Waals surface area contributed by atoms with E-state index in [1.54, 1.807) is 0 Å². The highest BCUT2D eigenvalue weighted by Gasteiger charge is 2.39. The van der Waals surface area contributed by atoms with Gasteiger partial charge >= 0.3 is 6.18 Å². The van der Waals surface area contributed by atoms with E-state index in [1.807, 2.05) is 7.05 Å². The fraction of sp³-hybridized carbons (Fsp3) is 0.667. The highest BCUT2D eigenvalue weighted by atomic mass is 19.4. The van der Waals surface area contributed by atoms with Gasteiger partial charge in [-0.3, -0.25) is 9.48 Å². The minimum atomic E-state index is -4.63. The van der Waals surface area contributed by atoms with Crippen molar-refractivity contribution in [2.75, 3.05) is 20.1 Å². The van der Waals surface area contributed by atoms with Crippen LogP contribution in [-0.2, 0) is 13.2 Å². The highest BCUT2D eigenvalue weighted by molar-refractivity contribution is 5.95. The molecule has 5 nitrogen and oxygen atoms in total. The summed E-state index contributed by atoms with van der Waals surface area (Å²) in [7, 11) is 3.30. The molecule has 0 unspecified atom stereocenters. The van der Waals surface area contributed by atoms with Gasteiger partial charge in [0.2, 0.25) is 0 Å². The molecule has 2 heterocycles. The molecule has 0 bridgehead atoms. The average Bonchev–Trinajstić information content (AvgIpc) is 2.92. The predicted molar refractivity (Wildman–Crippen MR) is 66.2 cm³/mol. The number of nitrogens with one attached hydrogen (secondary N) is 1. The van der Waals surface area contributed by atoms with Crippen molar-refractivity contribution < 1.29 is 18.0 Å². The Labute approximate surface area is 114 Å². The zero-order valence-corrected chi connectivity index (χ0v) is 11.4. The number of alkyl halides is 3. The zero-order chi connectivity index (χ0) is 14.9. The number of hydrogen-bond donors (Lipinski definition) is 1. The van der Waals surface area contributed by atoms with Gasteiger partial charge in [0, 0.05) is 25.8 Å². The summed E-state index contributed by atoms with van der Waals surface area (Å²) in [6, 6.07) is 0.185. The van der Waals surface area contributed by atoms with Crippen molar-refractivity contribution in [2.24, 2.45) is 7.05 Å². The van der Waals surface area contributed by atoms with E-state index in [-0.39, 0.29) is 6.04 Å². The number of rotatable bonds is 3. The fourth-order valence-corrected chi connectivity index (χ4v) is 2.41. The van der Waals surface area contributed by atoms with Crippen LogP contribution < -0.4 is 5.32 Å². The Bertz CT molecular complexity index is 497. The second-order valence-corrected chi connectivity index (χ2v) is 5.05. The maximum atomic E-state index is 12.8. The lowest BCUT2D eigenvalue weighted by Crippen LogP contribution is -2.38. The molecular weight excluding hydrogens is 273 g/mol. The van der Waals surface area contributed by atoms with Crippen LogP contribution in [0.5, 0.6) is 0 Å². The molecule has 0 spiro atoms. The number of carbonyl (C=O) groups excluding carboxylic acids is 1. The molecule has 0 radical (unpaired) electrons. The molecule has 1 amide bonds. The maximum absolute atomic E-state index is 12.8. The van der Waals surface area contributed by atoms with E-state index in [2.05, 4.69) is 15.3 Å². The van der Waals surface area contributed by atoms with E-state index in [9.17, 15) is 18.0 Å². The number of aryl methyl sites for hydroxylation is 1. The lowest BCUT2D eigenvalue weighted by molar-refractivity contribution is -0.141. The highest BCUT2D eigenvalue weighted by Crippen LogP contribution is 2.30. The standard InChI is InChI=1S/C12H17F3N4O/c1-18-5-3-4-8(18)6-16-11(20)9-7-19(2)17-10(9)12(13,14)15/h7-8H,3-6H2,1-2H3,(H,16,20)/t8-/m0/s1. The van der Waals surface area contributed by atoms with Crippen LogP contribution in [-0.4, -0.2) is 46.8 Å². The summed E-state index contributed by atoms with van der Waals surface area (Å²) in [5.74, 6) is -0.731. The number of halogens is 3. The number of amides is 1. The summed E-state index contributed by atoms with van der Waals surface area (Å²) in [5.41, 5.74) is -1.57. The van der Waals surface area contributed by atoms with Gasteiger partial charge in [0.05, 0.1) is 5.56 Å².